The van der Waals surface area contributed by atoms with Gasteiger partial charge in [-0.1, -0.05) is 0 Å². The fourth-order valence-corrected chi connectivity index (χ4v) is 4.61. The normalized spacial score (nSPS) is 21.7. The van der Waals surface area contributed by atoms with Gasteiger partial charge in [0.1, 0.15) is 23.1 Å². The molecule has 0 aliphatic carbocycles. The third-order valence-corrected chi connectivity index (χ3v) is 6.25. The Morgan fingerprint density at radius 3 is 2.81 bits per heavy atom. The van der Waals surface area contributed by atoms with Gasteiger partial charge in [-0.2, -0.15) is 0 Å². The van der Waals surface area contributed by atoms with E-state index in [9.17, 15) is 5.11 Å². The number of rotatable bonds is 5. The Balaban J connectivity index is 1.44. The summed E-state index contributed by atoms with van der Waals surface area (Å²) in [5.74, 6) is 1.65. The summed E-state index contributed by atoms with van der Waals surface area (Å²) >= 11 is 1.72. The number of aliphatic hydroxyl groups is 1. The van der Waals surface area contributed by atoms with Gasteiger partial charge in [0, 0.05) is 49.3 Å². The third kappa shape index (κ3) is 3.97. The largest absolute Gasteiger partial charge is 0.378 e. The second-order valence-corrected chi connectivity index (χ2v) is 8.62. The van der Waals surface area contributed by atoms with Crippen molar-refractivity contribution in [3.05, 3.63) is 28.2 Å². The van der Waals surface area contributed by atoms with Crippen LogP contribution in [0.4, 0.5) is 0 Å². The van der Waals surface area contributed by atoms with Crippen molar-refractivity contribution in [2.24, 2.45) is 4.99 Å². The van der Waals surface area contributed by atoms with E-state index in [1.54, 1.807) is 11.3 Å². The molecule has 2 atom stereocenters. The van der Waals surface area contributed by atoms with Crippen molar-refractivity contribution < 1.29 is 5.11 Å². The number of aliphatic imine (C=N–C) groups is 1. The zero-order chi connectivity index (χ0) is 19.0. The minimum atomic E-state index is -0.643. The summed E-state index contributed by atoms with van der Waals surface area (Å²) in [4.78, 5) is 10.6. The fourth-order valence-electron chi connectivity index (χ4n) is 3.57. The number of fused-ring (bicyclic) bond motifs is 3. The lowest BCUT2D eigenvalue weighted by atomic mass is 10.2. The molecule has 4 heterocycles. The quantitative estimate of drug-likeness (QED) is 0.740. The van der Waals surface area contributed by atoms with E-state index in [0.717, 1.165) is 48.4 Å². The molecular weight excluding hydrogens is 362 g/mol. The number of thiophene rings is 1. The number of likely N-dealkylation sites (N-methyl/N-ethyl adjacent to an activating group) is 1. The second kappa shape index (κ2) is 7.76. The average Bonchev–Trinajstić information content (AvgIpc) is 3.16. The van der Waals surface area contributed by atoms with E-state index in [2.05, 4.69) is 49.9 Å². The number of aliphatic hydroxyl groups excluding tert-OH is 1. The van der Waals surface area contributed by atoms with Crippen molar-refractivity contribution in [3.63, 3.8) is 0 Å². The standard InChI is InChI=1S/C18H27N7OS/c1-12-8-14-10-19-15(17-22-21-13(2)25(17)18(14)27-12)9-16(26)20-11-24-6-4-23(3)5-7-24/h8,10,15-16,20,26H,4-7,9,11H2,1-3H3. The smallest absolute Gasteiger partial charge is 0.163 e. The number of nitrogens with one attached hydrogen (secondary N) is 1. The summed E-state index contributed by atoms with van der Waals surface area (Å²) in [6, 6.07) is 1.91. The number of nitrogens with zero attached hydrogens (tertiary/aromatic N) is 6. The molecule has 0 spiro atoms. The van der Waals surface area contributed by atoms with Crippen LogP contribution in [0.25, 0.3) is 5.00 Å². The molecule has 0 bridgehead atoms. The fraction of sp³-hybridized carbons (Fsp3) is 0.611. The lowest BCUT2D eigenvalue weighted by Gasteiger charge is -2.33. The first kappa shape index (κ1) is 18.7. The van der Waals surface area contributed by atoms with Gasteiger partial charge in [0.25, 0.3) is 0 Å². The van der Waals surface area contributed by atoms with Crippen LogP contribution in [0.15, 0.2) is 11.1 Å². The van der Waals surface area contributed by atoms with Gasteiger partial charge in [-0.15, -0.1) is 21.5 Å². The third-order valence-electron chi connectivity index (χ3n) is 5.20. The topological polar surface area (TPSA) is 81.8 Å². The predicted octanol–water partition coefficient (Wildman–Crippen LogP) is 0.922. The molecule has 27 heavy (non-hydrogen) atoms. The highest BCUT2D eigenvalue weighted by atomic mass is 32.1. The van der Waals surface area contributed by atoms with Gasteiger partial charge in [-0.25, -0.2) is 0 Å². The molecule has 0 amide bonds. The molecule has 4 rings (SSSR count). The molecule has 1 saturated heterocycles. The zero-order valence-electron chi connectivity index (χ0n) is 16.1. The van der Waals surface area contributed by atoms with Crippen LogP contribution >= 0.6 is 11.3 Å². The Morgan fingerprint density at radius 1 is 1.26 bits per heavy atom. The molecule has 9 heteroatoms. The van der Waals surface area contributed by atoms with E-state index >= 15 is 0 Å². The molecule has 2 N–H and O–H groups in total. The van der Waals surface area contributed by atoms with E-state index < -0.39 is 6.23 Å². The Labute approximate surface area is 163 Å². The number of aromatic nitrogens is 3. The van der Waals surface area contributed by atoms with Gasteiger partial charge in [0.15, 0.2) is 5.82 Å². The Kier molecular flexibility index (Phi) is 5.38. The summed E-state index contributed by atoms with van der Waals surface area (Å²) in [5.41, 5.74) is 1.09. The van der Waals surface area contributed by atoms with E-state index in [0.29, 0.717) is 13.1 Å². The van der Waals surface area contributed by atoms with Crippen molar-refractivity contribution >= 4 is 17.6 Å². The van der Waals surface area contributed by atoms with Gasteiger partial charge in [-0.05, 0) is 27.0 Å². The molecular formula is C18H27N7OS. The molecule has 0 radical (unpaired) electrons. The lowest BCUT2D eigenvalue weighted by molar-refractivity contribution is 0.0764. The molecule has 2 aromatic heterocycles. The van der Waals surface area contributed by atoms with E-state index in [4.69, 9.17) is 4.99 Å². The van der Waals surface area contributed by atoms with Gasteiger partial charge < -0.3 is 10.0 Å². The molecule has 1 fully saturated rings. The highest BCUT2D eigenvalue weighted by Crippen LogP contribution is 2.33. The first-order valence-electron chi connectivity index (χ1n) is 9.39. The molecule has 8 nitrogen and oxygen atoms in total. The Hall–Kier alpha value is -1.65. The molecule has 0 saturated carbocycles. The lowest BCUT2D eigenvalue weighted by Crippen LogP contribution is -2.49. The second-order valence-electron chi connectivity index (χ2n) is 7.39. The number of hydrogen-bond acceptors (Lipinski definition) is 8. The monoisotopic (exact) mass is 389 g/mol. The maximum atomic E-state index is 10.5. The minimum Gasteiger partial charge on any atom is -0.378 e. The van der Waals surface area contributed by atoms with E-state index in [1.165, 1.54) is 4.88 Å². The first-order valence-corrected chi connectivity index (χ1v) is 10.2. The van der Waals surface area contributed by atoms with Crippen LogP contribution < -0.4 is 5.32 Å². The van der Waals surface area contributed by atoms with Crippen LogP contribution in [0.5, 0.6) is 0 Å². The summed E-state index contributed by atoms with van der Waals surface area (Å²) in [6.07, 6.45) is 1.73. The molecule has 2 unspecified atom stereocenters. The average molecular weight is 390 g/mol. The van der Waals surface area contributed by atoms with Crippen molar-refractivity contribution in [1.29, 1.82) is 0 Å². The van der Waals surface area contributed by atoms with Gasteiger partial charge in [-0.3, -0.25) is 19.8 Å². The predicted molar refractivity (Wildman–Crippen MR) is 107 cm³/mol. The maximum Gasteiger partial charge on any atom is 0.163 e. The first-order chi connectivity index (χ1) is 13.0. The highest BCUT2D eigenvalue weighted by molar-refractivity contribution is 7.14. The number of aryl methyl sites for hydroxylation is 2. The van der Waals surface area contributed by atoms with Crippen LogP contribution in [0.1, 0.15) is 34.6 Å². The zero-order valence-corrected chi connectivity index (χ0v) is 16.9. The van der Waals surface area contributed by atoms with Crippen molar-refractivity contribution in [3.8, 4) is 5.00 Å². The van der Waals surface area contributed by atoms with Crippen LogP contribution in [0, 0.1) is 13.8 Å². The molecule has 2 aromatic rings. The van der Waals surface area contributed by atoms with E-state index in [-0.39, 0.29) is 6.04 Å². The molecule has 0 aromatic carbocycles. The highest BCUT2D eigenvalue weighted by Gasteiger charge is 2.27. The molecule has 146 valence electrons. The molecule has 2 aliphatic rings. The van der Waals surface area contributed by atoms with Crippen LogP contribution in [-0.4, -0.2) is 82.0 Å². The molecule has 2 aliphatic heterocycles. The summed E-state index contributed by atoms with van der Waals surface area (Å²) < 4.78 is 2.08. The van der Waals surface area contributed by atoms with Crippen molar-refractivity contribution in [2.75, 3.05) is 39.9 Å². The minimum absolute atomic E-state index is 0.221. The number of hydrogen-bond donors (Lipinski definition) is 2. The summed E-state index contributed by atoms with van der Waals surface area (Å²) in [6.45, 7) is 8.90. The van der Waals surface area contributed by atoms with Gasteiger partial charge >= 0.3 is 0 Å². The van der Waals surface area contributed by atoms with E-state index in [1.807, 2.05) is 13.1 Å². The van der Waals surface area contributed by atoms with Crippen LogP contribution in [0.2, 0.25) is 0 Å². The number of piperazine rings is 1. The summed E-state index contributed by atoms with van der Waals surface area (Å²) in [5, 5.41) is 23.5. The van der Waals surface area contributed by atoms with Crippen molar-refractivity contribution in [2.45, 2.75) is 32.5 Å². The van der Waals surface area contributed by atoms with Crippen LogP contribution in [-0.2, 0) is 0 Å². The van der Waals surface area contributed by atoms with Crippen LogP contribution in [0.3, 0.4) is 0 Å². The summed E-state index contributed by atoms with van der Waals surface area (Å²) in [7, 11) is 2.14. The SMILES string of the molecule is Cc1cc2c(s1)-n1c(C)nnc1C(CC(O)NCN1CCN(C)CC1)N=C2. The maximum absolute atomic E-state index is 10.5. The van der Waals surface area contributed by atoms with Gasteiger partial charge in [0.2, 0.25) is 0 Å². The van der Waals surface area contributed by atoms with Crippen molar-refractivity contribution in [1.82, 2.24) is 29.9 Å². The Bertz CT molecular complexity index is 822. The Morgan fingerprint density at radius 2 is 2.04 bits per heavy atom. The van der Waals surface area contributed by atoms with Gasteiger partial charge in [0.05, 0.1) is 6.67 Å².